The second-order valence-corrected chi connectivity index (χ2v) is 6.66. The van der Waals surface area contributed by atoms with Crippen LogP contribution in [-0.2, 0) is 4.79 Å². The summed E-state index contributed by atoms with van der Waals surface area (Å²) in [5.74, 6) is 0.172. The van der Waals surface area contributed by atoms with Gasteiger partial charge in [0.15, 0.2) is 0 Å². The lowest BCUT2D eigenvalue weighted by molar-refractivity contribution is -0.149. The minimum Gasteiger partial charge on any atom is -0.481 e. The van der Waals surface area contributed by atoms with Gasteiger partial charge in [-0.1, -0.05) is 12.5 Å². The van der Waals surface area contributed by atoms with Gasteiger partial charge in [0.25, 0.3) is 0 Å². The fourth-order valence-corrected chi connectivity index (χ4v) is 3.87. The minimum atomic E-state index is -0.750. The number of carbonyl (C=O) groups excluding carboxylic acids is 1. The number of pyridine rings is 1. The Bertz CT molecular complexity index is 595. The summed E-state index contributed by atoms with van der Waals surface area (Å²) in [6.07, 6.45) is 5.05. The average Bonchev–Trinajstić information content (AvgIpc) is 3.13. The molecule has 1 aromatic rings. The summed E-state index contributed by atoms with van der Waals surface area (Å²) >= 11 is 0. The molecule has 0 unspecified atom stereocenters. The van der Waals surface area contributed by atoms with Crippen molar-refractivity contribution >= 4 is 17.8 Å². The number of nitrogens with one attached hydrogen (secondary N) is 2. The lowest BCUT2D eigenvalue weighted by atomic mass is 9.81. The highest BCUT2D eigenvalue weighted by atomic mass is 16.4. The van der Waals surface area contributed by atoms with Gasteiger partial charge in [0.05, 0.1) is 5.41 Å². The van der Waals surface area contributed by atoms with Gasteiger partial charge in [-0.2, -0.15) is 0 Å². The van der Waals surface area contributed by atoms with Crippen molar-refractivity contribution in [2.45, 2.75) is 25.7 Å². The number of aliphatic carboxylic acids is 1. The quantitative estimate of drug-likeness (QED) is 0.690. The van der Waals surface area contributed by atoms with E-state index in [1.165, 1.54) is 0 Å². The van der Waals surface area contributed by atoms with Gasteiger partial charge in [-0.25, -0.2) is 9.78 Å². The van der Waals surface area contributed by atoms with Crippen molar-refractivity contribution in [3.63, 3.8) is 0 Å². The number of carbonyl (C=O) groups is 2. The van der Waals surface area contributed by atoms with Crippen LogP contribution in [0.2, 0.25) is 0 Å². The lowest BCUT2D eigenvalue weighted by Gasteiger charge is -2.23. The molecule has 2 amide bonds. The number of hydrogen-bond acceptors (Lipinski definition) is 4. The maximum absolute atomic E-state index is 12.3. The molecule has 7 heteroatoms. The molecule has 2 heterocycles. The molecule has 0 aromatic carbocycles. The molecule has 3 N–H and O–H groups in total. The fraction of sp³-hybridized carbons (Fsp3) is 0.588. The molecule has 24 heavy (non-hydrogen) atoms. The van der Waals surface area contributed by atoms with Crippen molar-refractivity contribution < 1.29 is 14.7 Å². The van der Waals surface area contributed by atoms with Crippen LogP contribution in [0.4, 0.5) is 10.6 Å². The topological polar surface area (TPSA) is 94.6 Å². The van der Waals surface area contributed by atoms with Crippen molar-refractivity contribution in [3.05, 3.63) is 24.4 Å². The van der Waals surface area contributed by atoms with E-state index < -0.39 is 11.4 Å². The average molecular weight is 332 g/mol. The molecule has 2 fully saturated rings. The van der Waals surface area contributed by atoms with Crippen LogP contribution in [0.3, 0.4) is 0 Å². The maximum atomic E-state index is 12.3. The first-order chi connectivity index (χ1) is 11.6. The van der Waals surface area contributed by atoms with E-state index in [0.717, 1.165) is 31.6 Å². The Morgan fingerprint density at radius 3 is 2.96 bits per heavy atom. The number of nitrogens with zero attached hydrogens (tertiary/aromatic N) is 2. The van der Waals surface area contributed by atoms with E-state index in [2.05, 4.69) is 15.6 Å². The van der Waals surface area contributed by atoms with Crippen molar-refractivity contribution in [1.29, 1.82) is 0 Å². The standard InChI is InChI=1S/C17H24N4O3/c22-15(23)17-7-3-5-13(17)11-21(12-17)16(24)20-10-4-9-19-14-6-1-2-8-18-14/h1-2,6,8,13H,3-5,7,9-12H2,(H,18,19)(H,20,24)(H,22,23)/t13-,17+/m0/s1. The second kappa shape index (κ2) is 7.07. The number of urea groups is 1. The number of amides is 2. The molecule has 0 spiro atoms. The second-order valence-electron chi connectivity index (χ2n) is 6.66. The molecule has 1 aromatic heterocycles. The van der Waals surface area contributed by atoms with Crippen molar-refractivity contribution in [1.82, 2.24) is 15.2 Å². The molecule has 1 aliphatic carbocycles. The summed E-state index contributed by atoms with van der Waals surface area (Å²) in [5, 5.41) is 15.6. The zero-order chi connectivity index (χ0) is 17.0. The number of aromatic nitrogens is 1. The first kappa shape index (κ1) is 16.5. The van der Waals surface area contributed by atoms with E-state index in [9.17, 15) is 14.7 Å². The molecule has 1 saturated heterocycles. The molecule has 130 valence electrons. The summed E-state index contributed by atoms with van der Waals surface area (Å²) in [4.78, 5) is 29.7. The van der Waals surface area contributed by atoms with Gasteiger partial charge in [-0.15, -0.1) is 0 Å². The van der Waals surface area contributed by atoms with Crippen LogP contribution in [0.15, 0.2) is 24.4 Å². The van der Waals surface area contributed by atoms with Crippen LogP contribution >= 0.6 is 0 Å². The van der Waals surface area contributed by atoms with Crippen LogP contribution < -0.4 is 10.6 Å². The monoisotopic (exact) mass is 332 g/mol. The van der Waals surface area contributed by atoms with Gasteiger partial charge in [-0.05, 0) is 37.3 Å². The summed E-state index contributed by atoms with van der Waals surface area (Å²) in [6, 6.07) is 5.52. The van der Waals surface area contributed by atoms with E-state index in [-0.39, 0.29) is 11.9 Å². The lowest BCUT2D eigenvalue weighted by Crippen LogP contribution is -2.42. The molecular weight excluding hydrogens is 308 g/mol. The van der Waals surface area contributed by atoms with Crippen LogP contribution in [0, 0.1) is 11.3 Å². The summed E-state index contributed by atoms with van der Waals surface area (Å²) in [6.45, 7) is 2.17. The predicted molar refractivity (Wildman–Crippen MR) is 89.7 cm³/mol. The first-order valence-corrected chi connectivity index (χ1v) is 8.53. The number of likely N-dealkylation sites (tertiary alicyclic amines) is 1. The third kappa shape index (κ3) is 3.29. The minimum absolute atomic E-state index is 0.103. The zero-order valence-corrected chi connectivity index (χ0v) is 13.7. The molecule has 2 aliphatic rings. The maximum Gasteiger partial charge on any atom is 0.317 e. The molecule has 0 bridgehead atoms. The zero-order valence-electron chi connectivity index (χ0n) is 13.7. The van der Waals surface area contributed by atoms with Crippen LogP contribution in [-0.4, -0.2) is 53.2 Å². The van der Waals surface area contributed by atoms with Crippen molar-refractivity contribution in [2.24, 2.45) is 11.3 Å². The van der Waals surface area contributed by atoms with Gasteiger partial charge in [-0.3, -0.25) is 4.79 Å². The predicted octanol–water partition coefficient (Wildman–Crippen LogP) is 1.78. The van der Waals surface area contributed by atoms with Crippen LogP contribution in [0.1, 0.15) is 25.7 Å². The number of rotatable bonds is 6. The Morgan fingerprint density at radius 2 is 2.25 bits per heavy atom. The van der Waals surface area contributed by atoms with Crippen molar-refractivity contribution in [3.8, 4) is 0 Å². The molecule has 0 radical (unpaired) electrons. The molecule has 3 rings (SSSR count). The summed E-state index contributed by atoms with van der Waals surface area (Å²) in [5.41, 5.74) is -0.710. The van der Waals surface area contributed by atoms with Gasteiger partial charge in [0, 0.05) is 32.4 Å². The Morgan fingerprint density at radius 1 is 1.38 bits per heavy atom. The Kier molecular flexibility index (Phi) is 4.87. The number of hydrogen-bond donors (Lipinski definition) is 3. The SMILES string of the molecule is O=C(NCCCNc1ccccn1)N1C[C@@H]2CCC[C@@]2(C(=O)O)C1. The van der Waals surface area contributed by atoms with Gasteiger partial charge in [0.1, 0.15) is 5.82 Å². The Labute approximate surface area is 141 Å². The summed E-state index contributed by atoms with van der Waals surface area (Å²) < 4.78 is 0. The highest BCUT2D eigenvalue weighted by Crippen LogP contribution is 2.48. The highest BCUT2D eigenvalue weighted by Gasteiger charge is 2.55. The van der Waals surface area contributed by atoms with Crippen molar-refractivity contribution in [2.75, 3.05) is 31.5 Å². The Balaban J connectivity index is 1.39. The first-order valence-electron chi connectivity index (χ1n) is 8.53. The van der Waals surface area contributed by atoms with E-state index in [1.54, 1.807) is 11.1 Å². The Hall–Kier alpha value is -2.31. The number of anilines is 1. The fourth-order valence-electron chi connectivity index (χ4n) is 3.87. The van der Waals surface area contributed by atoms with E-state index in [0.29, 0.717) is 26.1 Å². The van der Waals surface area contributed by atoms with Crippen LogP contribution in [0.25, 0.3) is 0 Å². The highest BCUT2D eigenvalue weighted by molar-refractivity contribution is 5.80. The smallest absolute Gasteiger partial charge is 0.317 e. The number of carboxylic acid groups (broad SMARTS) is 1. The molecule has 1 aliphatic heterocycles. The van der Waals surface area contributed by atoms with E-state index in [4.69, 9.17) is 0 Å². The van der Waals surface area contributed by atoms with Crippen LogP contribution in [0.5, 0.6) is 0 Å². The normalized spacial score (nSPS) is 25.3. The largest absolute Gasteiger partial charge is 0.481 e. The van der Waals surface area contributed by atoms with E-state index >= 15 is 0 Å². The molecule has 2 atom stereocenters. The summed E-state index contributed by atoms with van der Waals surface area (Å²) in [7, 11) is 0. The van der Waals surface area contributed by atoms with Gasteiger partial charge in [0.2, 0.25) is 0 Å². The molecule has 7 nitrogen and oxygen atoms in total. The van der Waals surface area contributed by atoms with E-state index in [1.807, 2.05) is 18.2 Å². The van der Waals surface area contributed by atoms with Gasteiger partial charge >= 0.3 is 12.0 Å². The molecular formula is C17H24N4O3. The number of carboxylic acids is 1. The third-order valence-corrected chi connectivity index (χ3v) is 5.18. The number of fused-ring (bicyclic) bond motifs is 1. The molecule has 1 saturated carbocycles. The van der Waals surface area contributed by atoms with Gasteiger partial charge < -0.3 is 20.6 Å². The third-order valence-electron chi connectivity index (χ3n) is 5.18.